The molecule has 0 unspecified atom stereocenters. The third kappa shape index (κ3) is 2.25. The van der Waals surface area contributed by atoms with E-state index in [0.717, 1.165) is 16.9 Å². The van der Waals surface area contributed by atoms with Crippen LogP contribution in [-0.4, -0.2) is 11.8 Å². The van der Waals surface area contributed by atoms with E-state index >= 15 is 0 Å². The van der Waals surface area contributed by atoms with E-state index < -0.39 is 6.17 Å². The molecule has 22 heavy (non-hydrogen) atoms. The quantitative estimate of drug-likeness (QED) is 0.804. The van der Waals surface area contributed by atoms with E-state index in [1.54, 1.807) is 21.9 Å². The van der Waals surface area contributed by atoms with Crippen molar-refractivity contribution in [3.63, 3.8) is 0 Å². The summed E-state index contributed by atoms with van der Waals surface area (Å²) in [4.78, 5) is 27.7. The minimum Gasteiger partial charge on any atom is -0.285 e. The summed E-state index contributed by atoms with van der Waals surface area (Å²) in [5.74, 6) is -0.229. The molecule has 0 spiro atoms. The van der Waals surface area contributed by atoms with E-state index in [1.807, 2.05) is 36.4 Å². The number of hydrogen-bond donors (Lipinski definition) is 0. The number of anilines is 2. The first kappa shape index (κ1) is 14.6. The third-order valence-corrected chi connectivity index (χ3v) is 3.99. The highest BCUT2D eigenvalue weighted by Gasteiger charge is 2.40. The molecule has 1 aliphatic heterocycles. The average Bonchev–Trinajstić information content (AvgIpc) is 2.83. The van der Waals surface area contributed by atoms with Crippen LogP contribution in [0, 0.1) is 0 Å². The van der Waals surface area contributed by atoms with Gasteiger partial charge in [-0.25, -0.2) is 0 Å². The van der Waals surface area contributed by atoms with Crippen molar-refractivity contribution in [3.8, 4) is 0 Å². The number of carbonyl (C=O) groups is 2. The summed E-state index contributed by atoms with van der Waals surface area (Å²) in [6.07, 6.45) is -0.482. The van der Waals surface area contributed by atoms with Crippen molar-refractivity contribution in [1.29, 1.82) is 0 Å². The van der Waals surface area contributed by atoms with Crippen LogP contribution < -0.4 is 9.80 Å². The molecule has 0 radical (unpaired) electrons. The Hall–Kier alpha value is -2.33. The minimum atomic E-state index is -0.482. The second-order valence-electron chi connectivity index (χ2n) is 5.19. The molecule has 1 heterocycles. The van der Waals surface area contributed by atoms with E-state index in [2.05, 4.69) is 0 Å². The zero-order valence-corrected chi connectivity index (χ0v) is 13.0. The van der Waals surface area contributed by atoms with Crippen LogP contribution in [0.4, 0.5) is 11.4 Å². The van der Waals surface area contributed by atoms with Gasteiger partial charge in [0.2, 0.25) is 11.8 Å². The Balaban J connectivity index is 2.19. The normalized spacial score (nSPS) is 14.1. The fourth-order valence-electron chi connectivity index (χ4n) is 2.87. The monoisotopic (exact) mass is 314 g/mol. The van der Waals surface area contributed by atoms with E-state index in [9.17, 15) is 9.59 Å². The van der Waals surface area contributed by atoms with Gasteiger partial charge in [-0.3, -0.25) is 19.4 Å². The second kappa shape index (κ2) is 5.46. The predicted molar refractivity (Wildman–Crippen MR) is 87.0 cm³/mol. The van der Waals surface area contributed by atoms with E-state index in [0.29, 0.717) is 5.02 Å². The molecule has 0 saturated carbocycles. The van der Waals surface area contributed by atoms with Crippen molar-refractivity contribution in [3.05, 3.63) is 59.1 Å². The van der Waals surface area contributed by atoms with Gasteiger partial charge in [-0.2, -0.15) is 0 Å². The maximum absolute atomic E-state index is 12.2. The standard InChI is InChI=1S/C17H15ClN2O2/c1-11(21)19-15-5-3-4-6-16(15)20(12(2)22)17(19)13-7-9-14(18)10-8-13/h3-10,17H,1-2H3. The smallest absolute Gasteiger partial charge is 0.225 e. The van der Waals surface area contributed by atoms with Crippen LogP contribution in [0.1, 0.15) is 25.6 Å². The maximum atomic E-state index is 12.2. The van der Waals surface area contributed by atoms with Crippen LogP contribution >= 0.6 is 11.6 Å². The first-order chi connectivity index (χ1) is 10.5. The Morgan fingerprint density at radius 1 is 0.864 bits per heavy atom. The molecule has 2 aromatic rings. The van der Waals surface area contributed by atoms with Crippen LogP contribution in [0.15, 0.2) is 48.5 Å². The lowest BCUT2D eigenvalue weighted by Gasteiger charge is -2.29. The van der Waals surface area contributed by atoms with Gasteiger partial charge in [0.25, 0.3) is 0 Å². The van der Waals surface area contributed by atoms with Gasteiger partial charge in [-0.15, -0.1) is 0 Å². The zero-order valence-electron chi connectivity index (χ0n) is 12.3. The molecule has 0 atom stereocenters. The van der Waals surface area contributed by atoms with Gasteiger partial charge < -0.3 is 0 Å². The summed E-state index contributed by atoms with van der Waals surface area (Å²) in [7, 11) is 0. The lowest BCUT2D eigenvalue weighted by molar-refractivity contribution is -0.118. The lowest BCUT2D eigenvalue weighted by atomic mass is 10.1. The zero-order chi connectivity index (χ0) is 15.9. The Morgan fingerprint density at radius 2 is 1.32 bits per heavy atom. The summed E-state index contributed by atoms with van der Waals surface area (Å²) in [5, 5.41) is 0.614. The van der Waals surface area contributed by atoms with Gasteiger partial charge in [0.15, 0.2) is 0 Å². The molecule has 0 N–H and O–H groups in total. The molecular formula is C17H15ClN2O2. The summed E-state index contributed by atoms with van der Waals surface area (Å²) in [6, 6.07) is 14.6. The number of halogens is 1. The first-order valence-corrected chi connectivity index (χ1v) is 7.32. The molecule has 4 nitrogen and oxygen atoms in total. The molecule has 112 valence electrons. The van der Waals surface area contributed by atoms with Crippen molar-refractivity contribution in [2.75, 3.05) is 9.80 Å². The van der Waals surface area contributed by atoms with E-state index in [4.69, 9.17) is 11.6 Å². The van der Waals surface area contributed by atoms with Crippen molar-refractivity contribution in [2.45, 2.75) is 20.0 Å². The Morgan fingerprint density at radius 3 is 1.73 bits per heavy atom. The molecule has 2 aromatic carbocycles. The minimum absolute atomic E-state index is 0.115. The van der Waals surface area contributed by atoms with E-state index in [-0.39, 0.29) is 11.8 Å². The molecule has 0 fully saturated rings. The Bertz CT molecular complexity index is 702. The van der Waals surface area contributed by atoms with Gasteiger partial charge in [0.05, 0.1) is 11.4 Å². The van der Waals surface area contributed by atoms with Crippen LogP contribution in [0.25, 0.3) is 0 Å². The Labute approximate surface area is 133 Å². The van der Waals surface area contributed by atoms with Gasteiger partial charge in [-0.05, 0) is 29.8 Å². The van der Waals surface area contributed by atoms with Crippen LogP contribution in [0.5, 0.6) is 0 Å². The van der Waals surface area contributed by atoms with E-state index in [1.165, 1.54) is 13.8 Å². The van der Waals surface area contributed by atoms with Crippen LogP contribution in [-0.2, 0) is 9.59 Å². The van der Waals surface area contributed by atoms with Crippen molar-refractivity contribution in [2.24, 2.45) is 0 Å². The largest absolute Gasteiger partial charge is 0.285 e. The van der Waals surface area contributed by atoms with Gasteiger partial charge in [-0.1, -0.05) is 35.9 Å². The van der Waals surface area contributed by atoms with Crippen LogP contribution in [0.3, 0.4) is 0 Å². The molecule has 2 amide bonds. The Kier molecular flexibility index (Phi) is 3.62. The highest BCUT2D eigenvalue weighted by molar-refractivity contribution is 6.30. The number of fused-ring (bicyclic) bond motifs is 1. The number of carbonyl (C=O) groups excluding carboxylic acids is 2. The molecule has 0 aliphatic carbocycles. The average molecular weight is 315 g/mol. The molecular weight excluding hydrogens is 300 g/mol. The summed E-state index contributed by atoms with van der Waals surface area (Å²) in [6.45, 7) is 3.01. The fourth-order valence-corrected chi connectivity index (χ4v) is 2.99. The number of nitrogens with zero attached hydrogens (tertiary/aromatic N) is 2. The number of para-hydroxylation sites is 2. The van der Waals surface area contributed by atoms with Crippen molar-refractivity contribution >= 4 is 34.8 Å². The van der Waals surface area contributed by atoms with Gasteiger partial charge >= 0.3 is 0 Å². The topological polar surface area (TPSA) is 40.6 Å². The van der Waals surface area contributed by atoms with Gasteiger partial charge in [0, 0.05) is 18.9 Å². The summed E-state index contributed by atoms with van der Waals surface area (Å²) in [5.41, 5.74) is 2.32. The summed E-state index contributed by atoms with van der Waals surface area (Å²) >= 11 is 5.94. The lowest BCUT2D eigenvalue weighted by Crippen LogP contribution is -2.40. The number of rotatable bonds is 1. The predicted octanol–water partition coefficient (Wildman–Crippen LogP) is 3.76. The number of hydrogen-bond acceptors (Lipinski definition) is 2. The highest BCUT2D eigenvalue weighted by Crippen LogP contribution is 2.46. The molecule has 1 aliphatic rings. The number of benzene rings is 2. The highest BCUT2D eigenvalue weighted by atomic mass is 35.5. The second-order valence-corrected chi connectivity index (χ2v) is 5.63. The summed E-state index contributed by atoms with van der Waals surface area (Å²) < 4.78 is 0. The molecule has 0 bridgehead atoms. The first-order valence-electron chi connectivity index (χ1n) is 6.95. The van der Waals surface area contributed by atoms with Gasteiger partial charge in [0.1, 0.15) is 6.17 Å². The van der Waals surface area contributed by atoms with Crippen LogP contribution in [0.2, 0.25) is 5.02 Å². The molecule has 5 heteroatoms. The SMILES string of the molecule is CC(=O)N1c2ccccc2N(C(C)=O)C1c1ccc(Cl)cc1. The maximum Gasteiger partial charge on any atom is 0.225 e. The molecule has 0 aromatic heterocycles. The molecule has 0 saturated heterocycles. The molecule has 3 rings (SSSR count). The van der Waals surface area contributed by atoms with Crippen molar-refractivity contribution < 1.29 is 9.59 Å². The van der Waals surface area contributed by atoms with Crippen molar-refractivity contribution in [1.82, 2.24) is 0 Å². The fraction of sp³-hybridized carbons (Fsp3) is 0.176. The third-order valence-electron chi connectivity index (χ3n) is 3.74. The number of amides is 2.